The molecular formula is C22H24N2O. The van der Waals surface area contributed by atoms with E-state index < -0.39 is 0 Å². The summed E-state index contributed by atoms with van der Waals surface area (Å²) >= 11 is 0. The van der Waals surface area contributed by atoms with Gasteiger partial charge < -0.3 is 10.6 Å². The Hall–Kier alpha value is -2.13. The molecule has 2 unspecified atom stereocenters. The van der Waals surface area contributed by atoms with Crippen LogP contribution in [0.15, 0.2) is 42.5 Å². The molecule has 2 aromatic rings. The summed E-state index contributed by atoms with van der Waals surface area (Å²) in [5.74, 6) is 0.389. The quantitative estimate of drug-likeness (QED) is 0.906. The van der Waals surface area contributed by atoms with Crippen molar-refractivity contribution in [3.8, 4) is 0 Å². The largest absolute Gasteiger partial charge is 0.352 e. The highest BCUT2D eigenvalue weighted by molar-refractivity contribution is 5.84. The highest BCUT2D eigenvalue weighted by atomic mass is 16.2. The van der Waals surface area contributed by atoms with Gasteiger partial charge in [0.2, 0.25) is 5.91 Å². The Morgan fingerprint density at radius 3 is 2.96 bits per heavy atom. The molecule has 128 valence electrons. The van der Waals surface area contributed by atoms with Gasteiger partial charge in [0.15, 0.2) is 0 Å². The van der Waals surface area contributed by atoms with Crippen molar-refractivity contribution in [3.63, 3.8) is 0 Å². The molecule has 0 aromatic heterocycles. The number of benzene rings is 2. The lowest BCUT2D eigenvalue weighted by Gasteiger charge is -2.26. The van der Waals surface area contributed by atoms with E-state index in [4.69, 9.17) is 0 Å². The summed E-state index contributed by atoms with van der Waals surface area (Å²) in [6.07, 6.45) is 4.55. The van der Waals surface area contributed by atoms with E-state index in [1.54, 1.807) is 0 Å². The summed E-state index contributed by atoms with van der Waals surface area (Å²) in [7, 11) is 0. The number of carbonyl (C=O) groups excluding carboxylic acids is 1. The Balaban J connectivity index is 1.28. The third-order valence-electron chi connectivity index (χ3n) is 6.38. The van der Waals surface area contributed by atoms with E-state index in [-0.39, 0.29) is 17.2 Å². The van der Waals surface area contributed by atoms with Gasteiger partial charge in [0.1, 0.15) is 0 Å². The number of rotatable bonds is 3. The second-order valence-electron chi connectivity index (χ2n) is 7.85. The zero-order chi connectivity index (χ0) is 16.9. The molecule has 0 saturated heterocycles. The molecule has 0 bridgehead atoms. The van der Waals surface area contributed by atoms with Crippen molar-refractivity contribution in [1.82, 2.24) is 10.6 Å². The first kappa shape index (κ1) is 15.2. The van der Waals surface area contributed by atoms with Crippen LogP contribution < -0.4 is 10.6 Å². The third-order valence-corrected chi connectivity index (χ3v) is 6.38. The summed E-state index contributed by atoms with van der Waals surface area (Å²) in [5, 5.41) is 6.56. The first-order chi connectivity index (χ1) is 12.3. The van der Waals surface area contributed by atoms with E-state index in [0.29, 0.717) is 6.54 Å². The Bertz CT molecular complexity index is 844. The van der Waals surface area contributed by atoms with E-state index in [0.717, 1.165) is 32.4 Å². The minimum Gasteiger partial charge on any atom is -0.352 e. The molecule has 1 amide bonds. The van der Waals surface area contributed by atoms with Crippen LogP contribution in [0.3, 0.4) is 0 Å². The Labute approximate surface area is 148 Å². The Morgan fingerprint density at radius 2 is 2.00 bits per heavy atom. The first-order valence-electron chi connectivity index (χ1n) is 9.44. The van der Waals surface area contributed by atoms with Gasteiger partial charge in [-0.1, -0.05) is 42.5 Å². The molecule has 1 heterocycles. The molecule has 2 atom stereocenters. The predicted molar refractivity (Wildman–Crippen MR) is 98.0 cm³/mol. The lowest BCUT2D eigenvalue weighted by Crippen LogP contribution is -2.29. The van der Waals surface area contributed by atoms with Gasteiger partial charge >= 0.3 is 0 Å². The molecule has 2 aromatic carbocycles. The minimum atomic E-state index is 0.126. The normalized spacial score (nSPS) is 26.2. The zero-order valence-electron chi connectivity index (χ0n) is 14.5. The zero-order valence-corrected chi connectivity index (χ0v) is 14.5. The fraction of sp³-hybridized carbons (Fsp3) is 0.409. The van der Waals surface area contributed by atoms with Gasteiger partial charge in [-0.25, -0.2) is 0 Å². The molecule has 1 aliphatic heterocycles. The standard InChI is InChI=1S/C22H24N2O/c25-21(24-12-15-7-8-17-13-23-14-18(17)10-15)20-11-22(20)9-3-5-16-4-1-2-6-19(16)22/h1-2,4,6-8,10,20,23H,3,5,9,11-14H2,(H,24,25). The maximum atomic E-state index is 12.8. The summed E-state index contributed by atoms with van der Waals surface area (Å²) in [5.41, 5.74) is 6.97. The van der Waals surface area contributed by atoms with E-state index in [2.05, 4.69) is 53.1 Å². The van der Waals surface area contributed by atoms with E-state index in [9.17, 15) is 4.79 Å². The number of hydrogen-bond donors (Lipinski definition) is 2. The van der Waals surface area contributed by atoms with Crippen molar-refractivity contribution in [1.29, 1.82) is 0 Å². The molecular weight excluding hydrogens is 308 g/mol. The molecule has 1 spiro atoms. The highest BCUT2D eigenvalue weighted by Gasteiger charge is 2.59. The monoisotopic (exact) mass is 332 g/mol. The smallest absolute Gasteiger partial charge is 0.224 e. The average Bonchev–Trinajstić information content (AvgIpc) is 3.16. The number of fused-ring (bicyclic) bond motifs is 3. The van der Waals surface area contributed by atoms with Gasteiger partial charge in [-0.3, -0.25) is 4.79 Å². The van der Waals surface area contributed by atoms with Crippen molar-refractivity contribution in [2.24, 2.45) is 5.92 Å². The molecule has 5 rings (SSSR count). The van der Waals surface area contributed by atoms with Crippen molar-refractivity contribution in [3.05, 3.63) is 70.3 Å². The molecule has 1 fully saturated rings. The molecule has 2 aliphatic carbocycles. The van der Waals surface area contributed by atoms with Crippen LogP contribution in [0, 0.1) is 5.92 Å². The summed E-state index contributed by atoms with van der Waals surface area (Å²) in [4.78, 5) is 12.8. The SMILES string of the molecule is O=C(NCc1ccc2c(c1)CNC2)C1CC12CCCc1ccccc12. The Kier molecular flexibility index (Phi) is 3.46. The van der Waals surface area contributed by atoms with Crippen LogP contribution in [-0.4, -0.2) is 5.91 Å². The summed E-state index contributed by atoms with van der Waals surface area (Å²) in [6, 6.07) is 15.3. The average molecular weight is 332 g/mol. The predicted octanol–water partition coefficient (Wildman–Crippen LogP) is 3.20. The Morgan fingerprint density at radius 1 is 1.12 bits per heavy atom. The molecule has 25 heavy (non-hydrogen) atoms. The second kappa shape index (κ2) is 5.70. The van der Waals surface area contributed by atoms with Crippen molar-refractivity contribution >= 4 is 5.91 Å². The van der Waals surface area contributed by atoms with E-state index >= 15 is 0 Å². The molecule has 3 heteroatoms. The first-order valence-corrected chi connectivity index (χ1v) is 9.44. The van der Waals surface area contributed by atoms with Gasteiger partial charge in [0, 0.05) is 31.0 Å². The van der Waals surface area contributed by atoms with Gasteiger partial charge in [-0.2, -0.15) is 0 Å². The van der Waals surface area contributed by atoms with E-state index in [1.807, 2.05) is 0 Å². The van der Waals surface area contributed by atoms with Crippen molar-refractivity contribution in [2.75, 3.05) is 0 Å². The minimum absolute atomic E-state index is 0.126. The number of aryl methyl sites for hydroxylation is 1. The van der Waals surface area contributed by atoms with Gasteiger partial charge in [0.25, 0.3) is 0 Å². The van der Waals surface area contributed by atoms with Crippen LogP contribution in [0.1, 0.15) is 47.1 Å². The lowest BCUT2D eigenvalue weighted by atomic mass is 9.78. The molecule has 0 radical (unpaired) electrons. The number of nitrogens with one attached hydrogen (secondary N) is 2. The molecule has 3 nitrogen and oxygen atoms in total. The number of carbonyl (C=O) groups is 1. The summed E-state index contributed by atoms with van der Waals surface area (Å²) < 4.78 is 0. The maximum absolute atomic E-state index is 12.8. The highest BCUT2D eigenvalue weighted by Crippen LogP contribution is 2.60. The molecule has 2 N–H and O–H groups in total. The fourth-order valence-corrected chi connectivity index (χ4v) is 4.95. The molecule has 1 saturated carbocycles. The third kappa shape index (κ3) is 2.49. The molecule has 3 aliphatic rings. The van der Waals surface area contributed by atoms with Crippen molar-refractivity contribution in [2.45, 2.75) is 50.7 Å². The lowest BCUT2D eigenvalue weighted by molar-refractivity contribution is -0.123. The van der Waals surface area contributed by atoms with Gasteiger partial charge in [0.05, 0.1) is 0 Å². The van der Waals surface area contributed by atoms with Crippen LogP contribution in [0.5, 0.6) is 0 Å². The van der Waals surface area contributed by atoms with Crippen molar-refractivity contribution < 1.29 is 4.79 Å². The topological polar surface area (TPSA) is 41.1 Å². The van der Waals surface area contributed by atoms with Crippen LogP contribution in [0.2, 0.25) is 0 Å². The number of amides is 1. The maximum Gasteiger partial charge on any atom is 0.224 e. The van der Waals surface area contributed by atoms with Crippen LogP contribution in [0.4, 0.5) is 0 Å². The van der Waals surface area contributed by atoms with Crippen LogP contribution >= 0.6 is 0 Å². The number of hydrogen-bond acceptors (Lipinski definition) is 2. The van der Waals surface area contributed by atoms with Gasteiger partial charge in [-0.05, 0) is 53.5 Å². The van der Waals surface area contributed by atoms with E-state index in [1.165, 1.54) is 34.2 Å². The summed E-state index contributed by atoms with van der Waals surface area (Å²) in [6.45, 7) is 2.55. The fourth-order valence-electron chi connectivity index (χ4n) is 4.95. The van der Waals surface area contributed by atoms with Crippen LogP contribution in [0.25, 0.3) is 0 Å². The van der Waals surface area contributed by atoms with Gasteiger partial charge in [-0.15, -0.1) is 0 Å². The second-order valence-corrected chi connectivity index (χ2v) is 7.85. The van der Waals surface area contributed by atoms with Crippen LogP contribution in [-0.2, 0) is 36.3 Å².